The summed E-state index contributed by atoms with van der Waals surface area (Å²) in [4.78, 5) is 34.9. The van der Waals surface area contributed by atoms with Crippen LogP contribution in [0.25, 0.3) is 0 Å². The van der Waals surface area contributed by atoms with Crippen LogP contribution >= 0.6 is 0 Å². The number of carbonyl (C=O) groups excluding carboxylic acids is 3. The number of epoxide rings is 1. The second-order valence-electron chi connectivity index (χ2n) is 20.5. The van der Waals surface area contributed by atoms with E-state index in [1.807, 2.05) is 69.2 Å². The summed E-state index contributed by atoms with van der Waals surface area (Å²) in [6.45, 7) is 37.4. The number of rotatable bonds is 19. The fourth-order valence-electron chi connectivity index (χ4n) is 4.56. The maximum atomic E-state index is 13.1. The second-order valence-corrected chi connectivity index (χ2v) is 26.3. The van der Waals surface area contributed by atoms with E-state index in [1.54, 1.807) is 0 Å². The van der Waals surface area contributed by atoms with Gasteiger partial charge in [-0.1, -0.05) is 68.6 Å². The van der Waals surface area contributed by atoms with Crippen molar-refractivity contribution in [3.05, 3.63) is 13.2 Å². The van der Waals surface area contributed by atoms with Gasteiger partial charge in [-0.05, 0) is 104 Å². The van der Waals surface area contributed by atoms with E-state index < -0.39 is 63.6 Å². The first-order valence-electron chi connectivity index (χ1n) is 22.6. The number of halogens is 17. The molecule has 2 aliphatic rings. The van der Waals surface area contributed by atoms with Crippen molar-refractivity contribution < 1.29 is 108 Å². The Kier molecular flexibility index (Phi) is 32.5. The summed E-state index contributed by atoms with van der Waals surface area (Å²) in [7, 11) is -1.30. The number of hydrogen-bond acceptors (Lipinski definition) is 7. The van der Waals surface area contributed by atoms with Crippen LogP contribution in [0.1, 0.15) is 142 Å². The first kappa shape index (κ1) is 78.0. The molecule has 72 heavy (non-hydrogen) atoms. The van der Waals surface area contributed by atoms with Crippen molar-refractivity contribution in [2.75, 3.05) is 19.8 Å². The zero-order chi connectivity index (χ0) is 58.0. The van der Waals surface area contributed by atoms with Gasteiger partial charge in [0.1, 0.15) is 0 Å². The zero-order valence-electron chi connectivity index (χ0n) is 43.7. The van der Waals surface area contributed by atoms with E-state index in [9.17, 15) is 89.0 Å². The number of fused-ring (bicyclic) bond motifs is 1. The first-order valence-corrected chi connectivity index (χ1v) is 26.1. The standard InChI is InChI=1S/C13H22O3.C13H28O2Si.C9H18O2.C8H5F13.C2H4.CF4.CH4/c1-4-13(2,3)12(14)15-8-9-5-6-10-11(7-9)16-10;1-9-12(2,3)11(14)15-10-13(4,5)16(6,7)8;1-5-7-11-8(10)9(3,4)6-2;1-4(13,5(14,15)2(9)10)7(18,19)8(20,21)6(16,17)3(11)12;1-2;2-1(3,4)5;/h9-11H,4-8H2,1-3H3;9-10H2,1-8H3;5-7H2,1-4H3;2-3H,1H3;1-2H2;;1H4. The molecule has 2 rings (SSSR count). The largest absolute Gasteiger partial charge is 0.559 e. The van der Waals surface area contributed by atoms with Crippen LogP contribution in [-0.4, -0.2) is 107 Å². The molecule has 0 spiro atoms. The molecule has 4 atom stereocenters. The smallest absolute Gasteiger partial charge is 0.465 e. The summed E-state index contributed by atoms with van der Waals surface area (Å²) in [5.41, 5.74) is -7.24. The third-order valence-electron chi connectivity index (χ3n) is 12.5. The molecule has 1 aliphatic heterocycles. The minimum Gasteiger partial charge on any atom is -0.465 e. The maximum absolute atomic E-state index is 13.1. The molecule has 1 aliphatic carbocycles. The molecule has 0 aromatic carbocycles. The summed E-state index contributed by atoms with van der Waals surface area (Å²) < 4.78 is 221. The summed E-state index contributed by atoms with van der Waals surface area (Å²) in [6, 6.07) is 0. The molecule has 2 fully saturated rings. The van der Waals surface area contributed by atoms with Crippen LogP contribution in [0.3, 0.4) is 0 Å². The van der Waals surface area contributed by atoms with Crippen LogP contribution < -0.4 is 0 Å². The molecule has 1 saturated heterocycles. The Bertz CT molecular complexity index is 1540. The highest BCUT2D eigenvalue weighted by atomic mass is 28.3. The van der Waals surface area contributed by atoms with Gasteiger partial charge in [-0.3, -0.25) is 14.4 Å². The van der Waals surface area contributed by atoms with Crippen molar-refractivity contribution in [1.82, 2.24) is 0 Å². The van der Waals surface area contributed by atoms with E-state index in [-0.39, 0.29) is 46.6 Å². The van der Waals surface area contributed by atoms with Gasteiger partial charge in [-0.25, -0.2) is 22.0 Å². The molecule has 0 radical (unpaired) electrons. The van der Waals surface area contributed by atoms with Crippen LogP contribution in [0.2, 0.25) is 24.7 Å². The quantitative estimate of drug-likeness (QED) is 0.0318. The summed E-state index contributed by atoms with van der Waals surface area (Å²) in [5, 5.41) is 0.131. The average molecular weight is 1110 g/mol. The van der Waals surface area contributed by atoms with Crippen molar-refractivity contribution in [3.63, 3.8) is 0 Å². The normalized spacial score (nSPS) is 18.3. The molecule has 1 heterocycles. The van der Waals surface area contributed by atoms with Gasteiger partial charge in [0.15, 0.2) is 0 Å². The highest BCUT2D eigenvalue weighted by Crippen LogP contribution is 2.58. The van der Waals surface area contributed by atoms with Crippen LogP contribution in [0.15, 0.2) is 13.2 Å². The molecule has 25 heteroatoms. The lowest BCUT2D eigenvalue weighted by atomic mass is 9.85. The van der Waals surface area contributed by atoms with Crippen molar-refractivity contribution >= 4 is 26.0 Å². The van der Waals surface area contributed by atoms with Gasteiger partial charge in [0.05, 0.1) is 56.3 Å². The minimum atomic E-state index is -7.37. The lowest BCUT2D eigenvalue weighted by molar-refractivity contribution is -0.391. The molecular formula is C47H81F17O7Si. The number of carbonyl (C=O) groups is 3. The molecule has 0 aromatic heterocycles. The number of alkyl halides is 17. The molecule has 0 N–H and O–H groups in total. The number of ether oxygens (including phenoxy) is 4. The zero-order valence-corrected chi connectivity index (χ0v) is 44.7. The van der Waals surface area contributed by atoms with Crippen molar-refractivity contribution in [1.29, 1.82) is 0 Å². The van der Waals surface area contributed by atoms with E-state index in [2.05, 4.69) is 46.6 Å². The Morgan fingerprint density at radius 1 is 0.569 bits per heavy atom. The van der Waals surface area contributed by atoms with Gasteiger partial charge in [-0.15, -0.1) is 30.7 Å². The monoisotopic (exact) mass is 1110 g/mol. The highest BCUT2D eigenvalue weighted by Gasteiger charge is 2.86. The fraction of sp³-hybridized carbons (Fsp3) is 0.894. The van der Waals surface area contributed by atoms with Gasteiger partial charge in [-0.2, -0.15) is 35.1 Å². The predicted molar refractivity (Wildman–Crippen MR) is 245 cm³/mol. The Morgan fingerprint density at radius 3 is 1.22 bits per heavy atom. The molecule has 0 amide bonds. The number of esters is 3. The average Bonchev–Trinajstić information content (AvgIpc) is 4.03. The Balaban J connectivity index is -0.000000268. The second kappa shape index (κ2) is 30.0. The summed E-state index contributed by atoms with van der Waals surface area (Å²) >= 11 is 0. The topological polar surface area (TPSA) is 91.4 Å². The maximum Gasteiger partial charge on any atom is 0.559 e. The van der Waals surface area contributed by atoms with E-state index in [1.165, 1.54) is 0 Å². The van der Waals surface area contributed by atoms with Crippen molar-refractivity contribution in [2.24, 2.45) is 22.2 Å². The summed E-state index contributed by atoms with van der Waals surface area (Å²) in [6.07, 6.45) is -8.56. The van der Waals surface area contributed by atoms with Crippen molar-refractivity contribution in [2.45, 2.75) is 228 Å². The molecule has 0 aromatic rings. The lowest BCUT2D eigenvalue weighted by Crippen LogP contribution is -2.70. The van der Waals surface area contributed by atoms with E-state index in [4.69, 9.17) is 18.9 Å². The number of hydrogen-bond donors (Lipinski definition) is 0. The van der Waals surface area contributed by atoms with Gasteiger partial charge < -0.3 is 18.9 Å². The van der Waals surface area contributed by atoms with Crippen LogP contribution in [-0.2, 0) is 33.3 Å². The van der Waals surface area contributed by atoms with Crippen LogP contribution in [0, 0.1) is 22.2 Å². The third kappa shape index (κ3) is 23.8. The predicted octanol–water partition coefficient (Wildman–Crippen LogP) is 16.7. The van der Waals surface area contributed by atoms with Crippen LogP contribution in [0.5, 0.6) is 0 Å². The minimum absolute atomic E-state index is 0. The highest BCUT2D eigenvalue weighted by molar-refractivity contribution is 6.79. The SMILES string of the molecule is C.C=C.CC(F)(C(F)(F)C(F)F)C(F)(F)C(F)(F)C(F)(F)C(F)F.CCC(C)(C)C(=O)OCC(C)(C)[Si](C)(C)C.CCC(C)(C)C(=O)OCC1CCC2OC2C1.CCCOC(=O)C(C)(C)CC.FC(F)(F)F. The Labute approximate surface area is 416 Å². The Morgan fingerprint density at radius 2 is 0.917 bits per heavy atom. The molecule has 434 valence electrons. The Hall–Kier alpha value is -2.86. The van der Waals surface area contributed by atoms with Gasteiger partial charge in [0.2, 0.25) is 5.67 Å². The first-order chi connectivity index (χ1) is 31.4. The van der Waals surface area contributed by atoms with E-state index in [0.717, 1.165) is 44.9 Å². The van der Waals surface area contributed by atoms with Crippen molar-refractivity contribution in [3.8, 4) is 0 Å². The molecule has 4 unspecified atom stereocenters. The third-order valence-corrected chi connectivity index (χ3v) is 16.7. The van der Waals surface area contributed by atoms with Gasteiger partial charge in [0, 0.05) is 0 Å². The van der Waals surface area contributed by atoms with Gasteiger partial charge >= 0.3 is 60.9 Å². The van der Waals surface area contributed by atoms with Gasteiger partial charge in [0.25, 0.3) is 0 Å². The molecule has 7 nitrogen and oxygen atoms in total. The molecule has 0 bridgehead atoms. The fourth-order valence-corrected chi connectivity index (χ4v) is 5.07. The van der Waals surface area contributed by atoms with Crippen LogP contribution in [0.4, 0.5) is 74.6 Å². The molecular weight excluding hydrogens is 1030 g/mol. The molecule has 1 saturated carbocycles. The van der Waals surface area contributed by atoms with E-state index >= 15 is 0 Å². The summed E-state index contributed by atoms with van der Waals surface area (Å²) in [5.74, 6) is -27.8. The lowest BCUT2D eigenvalue weighted by Gasteiger charge is -2.41. The van der Waals surface area contributed by atoms with E-state index in [0.29, 0.717) is 37.9 Å².